The molecule has 0 fully saturated rings. The molecular weight excluding hydrogens is 435 g/mol. The second-order valence-corrected chi connectivity index (χ2v) is 5.91. The SMILES string of the molecule is Cn1nc(C(F)(F)F)c(C#Cc2cc(C(F)(F)F)cc(C(F)(F)F)c2)c1CC(=O)O. The molecule has 0 radical (unpaired) electrons. The van der Waals surface area contributed by atoms with E-state index in [1.54, 1.807) is 0 Å². The molecule has 1 heterocycles. The number of carboxylic acid groups (broad SMARTS) is 1. The summed E-state index contributed by atoms with van der Waals surface area (Å²) in [5, 5.41) is 12.0. The van der Waals surface area contributed by atoms with Crippen LogP contribution in [0.5, 0.6) is 0 Å². The fourth-order valence-electron chi connectivity index (χ4n) is 2.40. The molecule has 1 aromatic carbocycles. The summed E-state index contributed by atoms with van der Waals surface area (Å²) in [5.41, 5.74) is -7.36. The van der Waals surface area contributed by atoms with Crippen molar-refractivity contribution in [1.29, 1.82) is 0 Å². The topological polar surface area (TPSA) is 55.1 Å². The smallest absolute Gasteiger partial charge is 0.436 e. The van der Waals surface area contributed by atoms with Crippen molar-refractivity contribution in [2.45, 2.75) is 24.9 Å². The number of benzene rings is 1. The minimum Gasteiger partial charge on any atom is -0.481 e. The summed E-state index contributed by atoms with van der Waals surface area (Å²) in [6, 6.07) is 0.317. The van der Waals surface area contributed by atoms with Crippen molar-refractivity contribution >= 4 is 5.97 Å². The number of hydrogen-bond acceptors (Lipinski definition) is 2. The molecule has 2 aromatic rings. The van der Waals surface area contributed by atoms with E-state index in [-0.39, 0.29) is 18.2 Å². The van der Waals surface area contributed by atoms with E-state index >= 15 is 0 Å². The fraction of sp³-hybridized carbons (Fsp3) is 0.294. The Labute approximate surface area is 161 Å². The Bertz CT molecular complexity index is 1000. The zero-order valence-electron chi connectivity index (χ0n) is 14.6. The molecule has 30 heavy (non-hydrogen) atoms. The van der Waals surface area contributed by atoms with Gasteiger partial charge >= 0.3 is 24.5 Å². The lowest BCUT2D eigenvalue weighted by molar-refractivity contribution is -0.143. The van der Waals surface area contributed by atoms with Crippen LogP contribution in [-0.2, 0) is 36.8 Å². The Morgan fingerprint density at radius 1 is 0.933 bits per heavy atom. The van der Waals surface area contributed by atoms with Gasteiger partial charge in [0.15, 0.2) is 5.69 Å². The predicted octanol–water partition coefficient (Wildman–Crippen LogP) is 4.50. The maximum atomic E-state index is 13.2. The van der Waals surface area contributed by atoms with Crippen LogP contribution in [0.2, 0.25) is 0 Å². The molecule has 0 aliphatic heterocycles. The lowest BCUT2D eigenvalue weighted by atomic mass is 10.0. The summed E-state index contributed by atoms with van der Waals surface area (Å²) in [5.74, 6) is 2.12. The van der Waals surface area contributed by atoms with E-state index in [9.17, 15) is 44.3 Å². The molecule has 13 heteroatoms. The van der Waals surface area contributed by atoms with Crippen molar-refractivity contribution in [1.82, 2.24) is 9.78 Å². The summed E-state index contributed by atoms with van der Waals surface area (Å²) in [6.07, 6.45) is -16.4. The standard InChI is InChI=1S/C17H9F9N2O2/c1-28-12(7-13(29)30)11(14(27-28)17(24,25)26)3-2-8-4-9(15(18,19)20)6-10(5-8)16(21,22)23/h4-6H,7H2,1H3,(H,29,30). The summed E-state index contributed by atoms with van der Waals surface area (Å²) in [4.78, 5) is 10.9. The number of aryl methyl sites for hydroxylation is 1. The zero-order valence-corrected chi connectivity index (χ0v) is 14.6. The van der Waals surface area contributed by atoms with Gasteiger partial charge in [-0.25, -0.2) is 0 Å². The summed E-state index contributed by atoms with van der Waals surface area (Å²) in [7, 11) is 0.991. The lowest BCUT2D eigenvalue weighted by Gasteiger charge is -2.12. The number of aromatic nitrogens is 2. The van der Waals surface area contributed by atoms with Crippen LogP contribution in [0.15, 0.2) is 18.2 Å². The molecule has 0 amide bonds. The Kier molecular flexibility index (Phi) is 5.84. The van der Waals surface area contributed by atoms with Gasteiger partial charge in [-0.1, -0.05) is 11.8 Å². The molecule has 0 spiro atoms. The van der Waals surface area contributed by atoms with E-state index in [0.29, 0.717) is 4.68 Å². The number of rotatable bonds is 2. The quantitative estimate of drug-likeness (QED) is 0.548. The van der Waals surface area contributed by atoms with Crippen molar-refractivity contribution in [3.8, 4) is 11.8 Å². The average molecular weight is 444 g/mol. The molecule has 0 aliphatic rings. The van der Waals surface area contributed by atoms with E-state index in [1.165, 1.54) is 0 Å². The third kappa shape index (κ3) is 5.25. The van der Waals surface area contributed by atoms with Gasteiger partial charge in [-0.2, -0.15) is 44.6 Å². The summed E-state index contributed by atoms with van der Waals surface area (Å²) < 4.78 is 117. The molecule has 0 saturated heterocycles. The van der Waals surface area contributed by atoms with Gasteiger partial charge in [-0.3, -0.25) is 9.48 Å². The first-order chi connectivity index (χ1) is 13.5. The number of nitrogens with zero attached hydrogens (tertiary/aromatic N) is 2. The van der Waals surface area contributed by atoms with Crippen LogP contribution in [0.1, 0.15) is 33.6 Å². The monoisotopic (exact) mass is 444 g/mol. The molecule has 0 saturated carbocycles. The van der Waals surface area contributed by atoms with E-state index in [2.05, 4.69) is 5.10 Å². The predicted molar refractivity (Wildman–Crippen MR) is 82.0 cm³/mol. The summed E-state index contributed by atoms with van der Waals surface area (Å²) in [6.45, 7) is 0. The molecule has 0 bridgehead atoms. The zero-order chi connectivity index (χ0) is 23.1. The molecule has 0 aliphatic carbocycles. The lowest BCUT2D eigenvalue weighted by Crippen LogP contribution is -2.11. The van der Waals surface area contributed by atoms with Crippen LogP contribution in [0.4, 0.5) is 39.5 Å². The number of halogens is 9. The van der Waals surface area contributed by atoms with Crippen molar-refractivity contribution < 1.29 is 49.4 Å². The maximum Gasteiger partial charge on any atom is 0.436 e. The first kappa shape index (κ1) is 23.1. The minimum absolute atomic E-state index is 0.160. The van der Waals surface area contributed by atoms with Crippen LogP contribution in [0, 0.1) is 11.8 Å². The first-order valence-electron chi connectivity index (χ1n) is 7.66. The number of carboxylic acids is 1. The van der Waals surface area contributed by atoms with Gasteiger partial charge in [-0.05, 0) is 18.2 Å². The maximum absolute atomic E-state index is 13.2. The van der Waals surface area contributed by atoms with Crippen LogP contribution in [0.3, 0.4) is 0 Å². The highest BCUT2D eigenvalue weighted by Crippen LogP contribution is 2.36. The van der Waals surface area contributed by atoms with Crippen LogP contribution in [0.25, 0.3) is 0 Å². The third-order valence-corrected chi connectivity index (χ3v) is 3.67. The number of alkyl halides is 9. The third-order valence-electron chi connectivity index (χ3n) is 3.67. The second kappa shape index (κ2) is 7.58. The minimum atomic E-state index is -5.17. The van der Waals surface area contributed by atoms with Crippen LogP contribution < -0.4 is 0 Å². The van der Waals surface area contributed by atoms with Gasteiger partial charge < -0.3 is 5.11 Å². The van der Waals surface area contributed by atoms with Crippen molar-refractivity contribution in [2.24, 2.45) is 7.05 Å². The van der Waals surface area contributed by atoms with Crippen molar-refractivity contribution in [3.63, 3.8) is 0 Å². The number of hydrogen-bond donors (Lipinski definition) is 1. The van der Waals surface area contributed by atoms with E-state index in [1.807, 2.05) is 11.8 Å². The normalized spacial score (nSPS) is 12.5. The average Bonchev–Trinajstić information content (AvgIpc) is 2.87. The second-order valence-electron chi connectivity index (χ2n) is 5.91. The molecule has 1 aromatic heterocycles. The van der Waals surface area contributed by atoms with Crippen molar-refractivity contribution in [2.75, 3.05) is 0 Å². The molecule has 0 atom stereocenters. The molecule has 1 N–H and O–H groups in total. The van der Waals surface area contributed by atoms with Gasteiger partial charge in [-0.15, -0.1) is 0 Å². The highest BCUT2D eigenvalue weighted by Gasteiger charge is 2.39. The van der Waals surface area contributed by atoms with E-state index in [4.69, 9.17) is 5.11 Å². The Hall–Kier alpha value is -3.17. The Morgan fingerprint density at radius 3 is 1.83 bits per heavy atom. The molecule has 162 valence electrons. The highest BCUT2D eigenvalue weighted by atomic mass is 19.4. The van der Waals surface area contributed by atoms with Crippen LogP contribution in [-0.4, -0.2) is 20.9 Å². The van der Waals surface area contributed by atoms with Gasteiger partial charge in [0.05, 0.1) is 28.8 Å². The Balaban J connectivity index is 2.71. The Morgan fingerprint density at radius 2 is 1.43 bits per heavy atom. The fourth-order valence-corrected chi connectivity index (χ4v) is 2.40. The van der Waals surface area contributed by atoms with Gasteiger partial charge in [0.25, 0.3) is 0 Å². The van der Waals surface area contributed by atoms with E-state index in [0.717, 1.165) is 7.05 Å². The van der Waals surface area contributed by atoms with Gasteiger partial charge in [0.2, 0.25) is 0 Å². The number of carbonyl (C=O) groups is 1. The highest BCUT2D eigenvalue weighted by molar-refractivity contribution is 5.71. The molecule has 4 nitrogen and oxygen atoms in total. The summed E-state index contributed by atoms with van der Waals surface area (Å²) >= 11 is 0. The largest absolute Gasteiger partial charge is 0.481 e. The first-order valence-corrected chi connectivity index (χ1v) is 7.66. The van der Waals surface area contributed by atoms with Gasteiger partial charge in [0.1, 0.15) is 0 Å². The van der Waals surface area contributed by atoms with Crippen LogP contribution >= 0.6 is 0 Å². The molecular formula is C17H9F9N2O2. The van der Waals surface area contributed by atoms with Gasteiger partial charge in [0, 0.05) is 12.6 Å². The molecule has 0 unspecified atom stereocenters. The van der Waals surface area contributed by atoms with E-state index < -0.39 is 64.6 Å². The van der Waals surface area contributed by atoms with Crippen molar-refractivity contribution in [3.05, 3.63) is 51.8 Å². The number of aliphatic carboxylic acids is 1. The molecule has 2 rings (SSSR count).